The minimum atomic E-state index is 0.260. The van der Waals surface area contributed by atoms with Crippen LogP contribution in [-0.2, 0) is 11.3 Å². The van der Waals surface area contributed by atoms with Crippen LogP contribution in [0.1, 0.15) is 23.7 Å². The van der Waals surface area contributed by atoms with Gasteiger partial charge in [0.15, 0.2) is 0 Å². The molecular formula is C23H22N4O2. The first kappa shape index (κ1) is 17.7. The number of rotatable bonds is 5. The molecule has 2 aromatic carbocycles. The van der Waals surface area contributed by atoms with Gasteiger partial charge in [-0.2, -0.15) is 0 Å². The number of nitrogens with zero attached hydrogens (tertiary/aromatic N) is 3. The van der Waals surface area contributed by atoms with Gasteiger partial charge in [0.25, 0.3) is 0 Å². The summed E-state index contributed by atoms with van der Waals surface area (Å²) in [7, 11) is 0. The van der Waals surface area contributed by atoms with E-state index in [1.807, 2.05) is 48.7 Å². The zero-order chi connectivity index (χ0) is 19.6. The van der Waals surface area contributed by atoms with Gasteiger partial charge in [0.05, 0.1) is 6.61 Å². The average molecular weight is 386 g/mol. The van der Waals surface area contributed by atoms with Crippen LogP contribution < -0.4 is 10.5 Å². The molecule has 1 unspecified atom stereocenters. The van der Waals surface area contributed by atoms with E-state index < -0.39 is 0 Å². The number of nitrogens with two attached hydrogens (primary N) is 1. The fourth-order valence-corrected chi connectivity index (χ4v) is 3.79. The zero-order valence-corrected chi connectivity index (χ0v) is 16.0. The van der Waals surface area contributed by atoms with Crippen LogP contribution in [0.2, 0.25) is 0 Å². The van der Waals surface area contributed by atoms with Crippen molar-refractivity contribution in [2.24, 2.45) is 0 Å². The summed E-state index contributed by atoms with van der Waals surface area (Å²) in [6, 6.07) is 18.1. The average Bonchev–Trinajstić information content (AvgIpc) is 3.42. The van der Waals surface area contributed by atoms with Crippen molar-refractivity contribution in [1.82, 2.24) is 14.4 Å². The van der Waals surface area contributed by atoms with Crippen molar-refractivity contribution in [3.63, 3.8) is 0 Å². The van der Waals surface area contributed by atoms with Crippen LogP contribution in [0.15, 0.2) is 67.0 Å². The molecule has 1 atom stereocenters. The number of hydrogen-bond acceptors (Lipinski definition) is 5. The third kappa shape index (κ3) is 3.43. The van der Waals surface area contributed by atoms with Gasteiger partial charge < -0.3 is 15.2 Å². The van der Waals surface area contributed by atoms with E-state index in [1.54, 1.807) is 6.20 Å². The summed E-state index contributed by atoms with van der Waals surface area (Å²) in [5.41, 5.74) is 9.98. The number of ether oxygens (including phenoxy) is 2. The Kier molecular flexibility index (Phi) is 4.62. The maximum atomic E-state index is 6.24. The molecule has 1 aliphatic rings. The van der Waals surface area contributed by atoms with Gasteiger partial charge >= 0.3 is 0 Å². The predicted octanol–water partition coefficient (Wildman–Crippen LogP) is 4.06. The van der Waals surface area contributed by atoms with Gasteiger partial charge in [0, 0.05) is 30.5 Å². The van der Waals surface area contributed by atoms with Crippen molar-refractivity contribution in [2.75, 3.05) is 18.9 Å². The number of fused-ring (bicyclic) bond motifs is 1. The molecule has 6 nitrogen and oxygen atoms in total. The van der Waals surface area contributed by atoms with E-state index in [1.165, 1.54) is 0 Å². The molecule has 4 aromatic rings. The maximum Gasteiger partial charge on any atom is 0.150 e. The molecule has 2 N–H and O–H groups in total. The lowest BCUT2D eigenvalue weighted by Gasteiger charge is -2.08. The highest BCUT2D eigenvalue weighted by molar-refractivity contribution is 5.85. The van der Waals surface area contributed by atoms with Crippen LogP contribution in [0.4, 0.5) is 5.82 Å². The van der Waals surface area contributed by atoms with Crippen molar-refractivity contribution < 1.29 is 9.47 Å². The maximum absolute atomic E-state index is 6.24. The summed E-state index contributed by atoms with van der Waals surface area (Å²) in [5.74, 6) is 2.49. The number of nitrogen functional groups attached to an aromatic ring is 1. The van der Waals surface area contributed by atoms with Crippen molar-refractivity contribution in [2.45, 2.75) is 18.9 Å². The first-order valence-electron chi connectivity index (χ1n) is 9.77. The van der Waals surface area contributed by atoms with E-state index >= 15 is 0 Å². The summed E-state index contributed by atoms with van der Waals surface area (Å²) in [5, 5.41) is 0. The summed E-state index contributed by atoms with van der Waals surface area (Å²) in [6.45, 7) is 1.96. The number of imidazole rings is 1. The SMILES string of the molecule is Nc1nccn2c(C3CCOC3)nc(-c3cccc(OCc4ccccc4)c3)c12. The van der Waals surface area contributed by atoms with E-state index in [0.717, 1.165) is 46.9 Å². The molecule has 0 aliphatic carbocycles. The standard InChI is InChI=1S/C23H22N4O2/c24-22-21-20(26-23(18-9-12-28-15-18)27(21)11-10-25-22)17-7-4-8-19(13-17)29-14-16-5-2-1-3-6-16/h1-8,10-11,13,18H,9,12,14-15H2,(H2,24,25). The lowest BCUT2D eigenvalue weighted by Crippen LogP contribution is -2.04. The van der Waals surface area contributed by atoms with Crippen molar-refractivity contribution in [3.8, 4) is 17.0 Å². The summed E-state index contributed by atoms with van der Waals surface area (Å²) >= 11 is 0. The Labute approximate surface area is 168 Å². The monoisotopic (exact) mass is 386 g/mol. The largest absolute Gasteiger partial charge is 0.489 e. The molecular weight excluding hydrogens is 364 g/mol. The minimum absolute atomic E-state index is 0.260. The lowest BCUT2D eigenvalue weighted by atomic mass is 10.1. The Bertz CT molecular complexity index is 1130. The molecule has 5 rings (SSSR count). The molecule has 1 fully saturated rings. The molecule has 3 heterocycles. The van der Waals surface area contributed by atoms with E-state index in [9.17, 15) is 0 Å². The van der Waals surface area contributed by atoms with E-state index in [4.69, 9.17) is 20.2 Å². The third-order valence-electron chi connectivity index (χ3n) is 5.26. The highest BCUT2D eigenvalue weighted by atomic mass is 16.5. The van der Waals surface area contributed by atoms with Crippen LogP contribution >= 0.6 is 0 Å². The van der Waals surface area contributed by atoms with Crippen LogP contribution in [0.25, 0.3) is 16.8 Å². The van der Waals surface area contributed by atoms with Gasteiger partial charge in [-0.15, -0.1) is 0 Å². The summed E-state index contributed by atoms with van der Waals surface area (Å²) < 4.78 is 13.6. The Morgan fingerprint density at radius 1 is 1.14 bits per heavy atom. The molecule has 29 heavy (non-hydrogen) atoms. The minimum Gasteiger partial charge on any atom is -0.489 e. The van der Waals surface area contributed by atoms with Crippen LogP contribution in [0.3, 0.4) is 0 Å². The molecule has 0 saturated carbocycles. The van der Waals surface area contributed by atoms with Gasteiger partial charge in [-0.25, -0.2) is 9.97 Å². The predicted molar refractivity (Wildman–Crippen MR) is 112 cm³/mol. The van der Waals surface area contributed by atoms with Gasteiger partial charge in [-0.3, -0.25) is 4.40 Å². The Morgan fingerprint density at radius 2 is 2.03 bits per heavy atom. The van der Waals surface area contributed by atoms with Gasteiger partial charge in [-0.1, -0.05) is 42.5 Å². The zero-order valence-electron chi connectivity index (χ0n) is 16.0. The van der Waals surface area contributed by atoms with Crippen molar-refractivity contribution in [3.05, 3.63) is 78.4 Å². The van der Waals surface area contributed by atoms with E-state index in [0.29, 0.717) is 19.0 Å². The smallest absolute Gasteiger partial charge is 0.150 e. The number of aromatic nitrogens is 3. The second-order valence-electron chi connectivity index (χ2n) is 7.21. The Hall–Kier alpha value is -3.38. The number of anilines is 1. The lowest BCUT2D eigenvalue weighted by molar-refractivity contribution is 0.193. The molecule has 0 amide bonds. The Balaban J connectivity index is 1.52. The summed E-state index contributed by atoms with van der Waals surface area (Å²) in [4.78, 5) is 9.26. The second kappa shape index (κ2) is 7.56. The van der Waals surface area contributed by atoms with Crippen LogP contribution in [0.5, 0.6) is 5.75 Å². The topological polar surface area (TPSA) is 74.7 Å². The molecule has 146 valence electrons. The van der Waals surface area contributed by atoms with E-state index in [2.05, 4.69) is 21.5 Å². The van der Waals surface area contributed by atoms with E-state index in [-0.39, 0.29) is 5.92 Å². The van der Waals surface area contributed by atoms with Gasteiger partial charge in [-0.05, 0) is 24.1 Å². The second-order valence-corrected chi connectivity index (χ2v) is 7.21. The first-order chi connectivity index (χ1) is 14.3. The molecule has 2 aromatic heterocycles. The third-order valence-corrected chi connectivity index (χ3v) is 5.26. The molecule has 6 heteroatoms. The van der Waals surface area contributed by atoms with Crippen LogP contribution in [-0.4, -0.2) is 27.6 Å². The number of benzene rings is 2. The molecule has 1 aliphatic heterocycles. The molecule has 1 saturated heterocycles. The fourth-order valence-electron chi connectivity index (χ4n) is 3.79. The van der Waals surface area contributed by atoms with Gasteiger partial charge in [0.2, 0.25) is 0 Å². The highest BCUT2D eigenvalue weighted by Gasteiger charge is 2.25. The summed E-state index contributed by atoms with van der Waals surface area (Å²) in [6.07, 6.45) is 4.60. The molecule has 0 bridgehead atoms. The van der Waals surface area contributed by atoms with Crippen molar-refractivity contribution >= 4 is 11.3 Å². The first-order valence-corrected chi connectivity index (χ1v) is 9.77. The molecule has 0 spiro atoms. The highest BCUT2D eigenvalue weighted by Crippen LogP contribution is 2.34. The van der Waals surface area contributed by atoms with Crippen molar-refractivity contribution in [1.29, 1.82) is 0 Å². The normalized spacial score (nSPS) is 16.3. The quantitative estimate of drug-likeness (QED) is 0.560. The van der Waals surface area contributed by atoms with Crippen LogP contribution in [0, 0.1) is 0 Å². The Morgan fingerprint density at radius 3 is 2.86 bits per heavy atom. The molecule has 0 radical (unpaired) electrons. The fraction of sp³-hybridized carbons (Fsp3) is 0.217. The van der Waals surface area contributed by atoms with Gasteiger partial charge in [0.1, 0.15) is 35.2 Å². The number of hydrogen-bond donors (Lipinski definition) is 1.